The van der Waals surface area contributed by atoms with E-state index in [0.717, 1.165) is 13.1 Å². The Hall–Kier alpha value is -2.49. The molecule has 0 unspecified atom stereocenters. The first kappa shape index (κ1) is 15.7. The SMILES string of the molecule is COC(=O)c1ccc2c(C3CCCCC3)c3n(c2c1)CCn1cccc1-3. The number of fused-ring (bicyclic) bond motifs is 5. The zero-order valence-corrected chi connectivity index (χ0v) is 15.2. The first-order valence-corrected chi connectivity index (χ1v) is 9.68. The van der Waals surface area contributed by atoms with Crippen LogP contribution in [-0.2, 0) is 17.8 Å². The molecule has 134 valence electrons. The van der Waals surface area contributed by atoms with Crippen molar-refractivity contribution in [2.24, 2.45) is 0 Å². The van der Waals surface area contributed by atoms with Crippen molar-refractivity contribution in [3.8, 4) is 11.4 Å². The number of methoxy groups -OCH3 is 1. The number of esters is 1. The molecule has 1 aliphatic carbocycles. The maximum Gasteiger partial charge on any atom is 0.337 e. The van der Waals surface area contributed by atoms with Crippen molar-refractivity contribution >= 4 is 16.9 Å². The molecule has 3 heterocycles. The molecule has 0 radical (unpaired) electrons. The van der Waals surface area contributed by atoms with E-state index in [9.17, 15) is 4.79 Å². The number of hydrogen-bond acceptors (Lipinski definition) is 2. The second-order valence-corrected chi connectivity index (χ2v) is 7.56. The van der Waals surface area contributed by atoms with E-state index in [1.54, 1.807) is 0 Å². The third-order valence-electron chi connectivity index (χ3n) is 6.17. The van der Waals surface area contributed by atoms with Gasteiger partial charge in [0.15, 0.2) is 0 Å². The minimum atomic E-state index is -0.263. The van der Waals surface area contributed by atoms with Crippen LogP contribution in [0.25, 0.3) is 22.3 Å². The van der Waals surface area contributed by atoms with Crippen molar-refractivity contribution in [3.05, 3.63) is 47.7 Å². The topological polar surface area (TPSA) is 36.2 Å². The minimum absolute atomic E-state index is 0.263. The number of carbonyl (C=O) groups is 1. The summed E-state index contributed by atoms with van der Waals surface area (Å²) in [6, 6.07) is 10.5. The van der Waals surface area contributed by atoms with Crippen molar-refractivity contribution in [2.75, 3.05) is 7.11 Å². The van der Waals surface area contributed by atoms with Crippen molar-refractivity contribution in [2.45, 2.75) is 51.1 Å². The average molecular weight is 348 g/mol. The lowest BCUT2D eigenvalue weighted by atomic mass is 9.82. The summed E-state index contributed by atoms with van der Waals surface area (Å²) in [6.07, 6.45) is 8.71. The fourth-order valence-electron chi connectivity index (χ4n) is 4.97. The molecule has 1 fully saturated rings. The molecule has 5 rings (SSSR count). The smallest absolute Gasteiger partial charge is 0.337 e. The van der Waals surface area contributed by atoms with Crippen molar-refractivity contribution in [1.29, 1.82) is 0 Å². The lowest BCUT2D eigenvalue weighted by Gasteiger charge is -2.26. The molecule has 4 heteroatoms. The first-order valence-electron chi connectivity index (χ1n) is 9.68. The molecule has 0 N–H and O–H groups in total. The highest BCUT2D eigenvalue weighted by Gasteiger charge is 2.29. The maximum absolute atomic E-state index is 12.1. The van der Waals surface area contributed by atoms with E-state index in [2.05, 4.69) is 33.5 Å². The maximum atomic E-state index is 12.1. The van der Waals surface area contributed by atoms with Crippen LogP contribution in [0.2, 0.25) is 0 Å². The molecule has 3 aromatic rings. The summed E-state index contributed by atoms with van der Waals surface area (Å²) in [4.78, 5) is 12.1. The van der Waals surface area contributed by atoms with Crippen LogP contribution >= 0.6 is 0 Å². The van der Waals surface area contributed by atoms with Crippen LogP contribution in [0, 0.1) is 0 Å². The van der Waals surface area contributed by atoms with Crippen LogP contribution in [0.1, 0.15) is 53.9 Å². The second kappa shape index (κ2) is 6.04. The van der Waals surface area contributed by atoms with E-state index in [4.69, 9.17) is 4.74 Å². The molecule has 0 spiro atoms. The molecular formula is C22H24N2O2. The summed E-state index contributed by atoms with van der Waals surface area (Å²) >= 11 is 0. The molecule has 1 aliphatic heterocycles. The van der Waals surface area contributed by atoms with Gasteiger partial charge in [-0.3, -0.25) is 0 Å². The molecule has 0 bridgehead atoms. The van der Waals surface area contributed by atoms with Crippen molar-refractivity contribution < 1.29 is 9.53 Å². The Balaban J connectivity index is 1.79. The number of benzene rings is 1. The summed E-state index contributed by atoms with van der Waals surface area (Å²) in [5, 5.41) is 1.31. The molecular weight excluding hydrogens is 324 g/mol. The highest BCUT2D eigenvalue weighted by atomic mass is 16.5. The highest BCUT2D eigenvalue weighted by Crippen LogP contribution is 2.45. The molecule has 4 nitrogen and oxygen atoms in total. The Morgan fingerprint density at radius 1 is 1.12 bits per heavy atom. The van der Waals surface area contributed by atoms with Crippen molar-refractivity contribution in [3.63, 3.8) is 0 Å². The second-order valence-electron chi connectivity index (χ2n) is 7.56. The van der Waals surface area contributed by atoms with Gasteiger partial charge in [-0.05, 0) is 48.6 Å². The number of aryl methyl sites for hydroxylation is 2. The van der Waals surface area contributed by atoms with Crippen LogP contribution in [0.3, 0.4) is 0 Å². The van der Waals surface area contributed by atoms with Gasteiger partial charge in [-0.2, -0.15) is 0 Å². The normalized spacial score (nSPS) is 17.1. The summed E-state index contributed by atoms with van der Waals surface area (Å²) < 4.78 is 9.74. The van der Waals surface area contributed by atoms with Crippen LogP contribution in [0.4, 0.5) is 0 Å². The standard InChI is InChI=1S/C22H24N2O2/c1-26-22(25)16-9-10-17-19(14-16)24-13-12-23-11-5-8-18(23)21(24)20(17)15-6-3-2-4-7-15/h5,8-11,14-15H,2-4,6-7,12-13H2,1H3. The van der Waals surface area contributed by atoms with Gasteiger partial charge in [-0.1, -0.05) is 25.3 Å². The Kier molecular flexibility index (Phi) is 3.66. The molecule has 0 atom stereocenters. The molecule has 2 aromatic heterocycles. The van der Waals surface area contributed by atoms with Crippen molar-refractivity contribution in [1.82, 2.24) is 9.13 Å². The third-order valence-corrected chi connectivity index (χ3v) is 6.17. The summed E-state index contributed by atoms with van der Waals surface area (Å²) in [7, 11) is 1.44. The number of hydrogen-bond donors (Lipinski definition) is 0. The van der Waals surface area contributed by atoms with Gasteiger partial charge >= 0.3 is 5.97 Å². The number of nitrogens with zero attached hydrogens (tertiary/aromatic N) is 2. The van der Waals surface area contributed by atoms with Gasteiger partial charge in [-0.15, -0.1) is 0 Å². The average Bonchev–Trinajstić information content (AvgIpc) is 3.29. The molecule has 0 amide bonds. The monoisotopic (exact) mass is 348 g/mol. The zero-order valence-electron chi connectivity index (χ0n) is 15.2. The fraction of sp³-hybridized carbons (Fsp3) is 0.409. The van der Waals surface area contributed by atoms with Gasteiger partial charge in [0.05, 0.1) is 24.1 Å². The van der Waals surface area contributed by atoms with E-state index < -0.39 is 0 Å². The van der Waals surface area contributed by atoms with Gasteiger partial charge in [0.1, 0.15) is 0 Å². The molecule has 2 aliphatic rings. The number of aromatic nitrogens is 2. The van der Waals surface area contributed by atoms with E-state index in [0.29, 0.717) is 11.5 Å². The lowest BCUT2D eigenvalue weighted by Crippen LogP contribution is -2.17. The Morgan fingerprint density at radius 3 is 2.77 bits per heavy atom. The number of rotatable bonds is 2. The van der Waals surface area contributed by atoms with Crippen LogP contribution in [-0.4, -0.2) is 22.2 Å². The Morgan fingerprint density at radius 2 is 1.96 bits per heavy atom. The van der Waals surface area contributed by atoms with E-state index in [1.165, 1.54) is 67.1 Å². The van der Waals surface area contributed by atoms with E-state index in [1.807, 2.05) is 12.1 Å². The van der Waals surface area contributed by atoms with Gasteiger partial charge < -0.3 is 13.9 Å². The van der Waals surface area contributed by atoms with Gasteiger partial charge in [0.2, 0.25) is 0 Å². The van der Waals surface area contributed by atoms with Gasteiger partial charge in [0.25, 0.3) is 0 Å². The van der Waals surface area contributed by atoms with Crippen LogP contribution in [0.5, 0.6) is 0 Å². The minimum Gasteiger partial charge on any atom is -0.465 e. The Labute approximate surface area is 153 Å². The summed E-state index contributed by atoms with van der Waals surface area (Å²) in [5.74, 6) is 0.355. The Bertz CT molecular complexity index is 989. The third kappa shape index (κ3) is 2.24. The molecule has 26 heavy (non-hydrogen) atoms. The van der Waals surface area contributed by atoms with E-state index >= 15 is 0 Å². The van der Waals surface area contributed by atoms with E-state index in [-0.39, 0.29) is 5.97 Å². The zero-order chi connectivity index (χ0) is 17.7. The van der Waals surface area contributed by atoms with Gasteiger partial charge in [0, 0.05) is 30.2 Å². The van der Waals surface area contributed by atoms with Crippen LogP contribution in [0.15, 0.2) is 36.5 Å². The first-order chi connectivity index (χ1) is 12.8. The summed E-state index contributed by atoms with van der Waals surface area (Å²) in [5.41, 5.74) is 5.99. The quantitative estimate of drug-likeness (QED) is 0.614. The summed E-state index contributed by atoms with van der Waals surface area (Å²) in [6.45, 7) is 1.93. The predicted octanol–water partition coefficient (Wildman–Crippen LogP) is 4.96. The number of carbonyl (C=O) groups excluding carboxylic acids is 1. The number of ether oxygens (including phenoxy) is 1. The molecule has 1 saturated carbocycles. The lowest BCUT2D eigenvalue weighted by molar-refractivity contribution is 0.0601. The molecule has 1 aromatic carbocycles. The largest absolute Gasteiger partial charge is 0.465 e. The van der Waals surface area contributed by atoms with Crippen LogP contribution < -0.4 is 0 Å². The van der Waals surface area contributed by atoms with Gasteiger partial charge in [-0.25, -0.2) is 4.79 Å². The highest BCUT2D eigenvalue weighted by molar-refractivity contribution is 5.98. The predicted molar refractivity (Wildman–Crippen MR) is 103 cm³/mol. The fourth-order valence-corrected chi connectivity index (χ4v) is 4.97. The molecule has 0 saturated heterocycles.